The zero-order valence-corrected chi connectivity index (χ0v) is 16.2. The van der Waals surface area contributed by atoms with E-state index >= 15 is 0 Å². The van der Waals surface area contributed by atoms with Crippen LogP contribution in [0.2, 0.25) is 0 Å². The fraction of sp³-hybridized carbons (Fsp3) is 0.500. The van der Waals surface area contributed by atoms with Crippen molar-refractivity contribution in [3.8, 4) is 0 Å². The zero-order chi connectivity index (χ0) is 20.3. The number of carbonyl (C=O) groups is 1. The first-order valence-corrected chi connectivity index (χ1v) is 9.56. The summed E-state index contributed by atoms with van der Waals surface area (Å²) in [6, 6.07) is 0. The van der Waals surface area contributed by atoms with Crippen molar-refractivity contribution in [2.75, 3.05) is 0 Å². The van der Waals surface area contributed by atoms with Gasteiger partial charge in [0, 0.05) is 6.42 Å². The van der Waals surface area contributed by atoms with E-state index in [4.69, 9.17) is 5.11 Å². The van der Waals surface area contributed by atoms with E-state index in [9.17, 15) is 20.1 Å². The van der Waals surface area contributed by atoms with Crippen molar-refractivity contribution < 1.29 is 25.2 Å². The molecule has 0 aromatic carbocycles. The molecule has 3 atom stereocenters. The van der Waals surface area contributed by atoms with Gasteiger partial charge in [-0.3, -0.25) is 4.79 Å². The number of aliphatic carboxylic acids is 1. The molecule has 152 valence electrons. The average molecular weight is 379 g/mol. The summed E-state index contributed by atoms with van der Waals surface area (Å²) in [5.74, 6) is -0.997. The van der Waals surface area contributed by atoms with Crippen LogP contribution in [0.25, 0.3) is 0 Å². The number of allylic oxidation sites excluding steroid dienone is 8. The lowest BCUT2D eigenvalue weighted by molar-refractivity contribution is -0.137. The van der Waals surface area contributed by atoms with Crippen molar-refractivity contribution >= 4 is 5.97 Å². The maximum atomic E-state index is 10.4. The third-order valence-electron chi connectivity index (χ3n) is 3.78. The molecule has 0 spiro atoms. The van der Waals surface area contributed by atoms with E-state index in [2.05, 4.69) is 6.92 Å². The van der Waals surface area contributed by atoms with E-state index in [1.807, 2.05) is 30.4 Å². The smallest absolute Gasteiger partial charge is 0.303 e. The van der Waals surface area contributed by atoms with Crippen LogP contribution < -0.4 is 0 Å². The molecule has 0 aromatic heterocycles. The Morgan fingerprint density at radius 1 is 0.852 bits per heavy atom. The summed E-state index contributed by atoms with van der Waals surface area (Å²) in [5, 5.41) is 37.4. The molecular weight excluding hydrogens is 344 g/mol. The standard InChI is InChI=1S/C22H34O5/c1-2-3-11-14-19(23)15-12-9-7-5-4-6-8-10-13-16-20(24)21(25)17-18-22(26)27/h4,6-10,12-13,15-16,19-21,23-25H,2-3,5,11,14,17-18H2,1H3,(H,26,27)/b6-4-,9-7-,10-8+,15-12+,16-13+. The first-order valence-electron chi connectivity index (χ1n) is 9.56. The highest BCUT2D eigenvalue weighted by atomic mass is 16.4. The summed E-state index contributed by atoms with van der Waals surface area (Å²) in [6.07, 6.45) is 20.2. The summed E-state index contributed by atoms with van der Waals surface area (Å²) < 4.78 is 0. The van der Waals surface area contributed by atoms with Gasteiger partial charge in [-0.1, -0.05) is 86.9 Å². The third kappa shape index (κ3) is 17.2. The average Bonchev–Trinajstić information content (AvgIpc) is 2.64. The van der Waals surface area contributed by atoms with E-state index in [-0.39, 0.29) is 18.9 Å². The summed E-state index contributed by atoms with van der Waals surface area (Å²) in [4.78, 5) is 10.4. The van der Waals surface area contributed by atoms with Crippen molar-refractivity contribution in [2.24, 2.45) is 0 Å². The Bertz CT molecular complexity index is 517. The summed E-state index contributed by atoms with van der Waals surface area (Å²) in [7, 11) is 0. The monoisotopic (exact) mass is 378 g/mol. The summed E-state index contributed by atoms with van der Waals surface area (Å²) >= 11 is 0. The van der Waals surface area contributed by atoms with Crippen LogP contribution in [0.3, 0.4) is 0 Å². The minimum Gasteiger partial charge on any atom is -0.481 e. The van der Waals surface area contributed by atoms with Gasteiger partial charge in [0.15, 0.2) is 0 Å². The van der Waals surface area contributed by atoms with Gasteiger partial charge in [0.2, 0.25) is 0 Å². The van der Waals surface area contributed by atoms with Crippen LogP contribution in [0.4, 0.5) is 0 Å². The molecule has 0 aliphatic carbocycles. The SMILES string of the molecule is CCCCCC(O)/C=C/C=C\C\C=C/C=C/C=C/C(O)C(O)CCC(=O)O. The Hall–Kier alpha value is -1.95. The molecule has 3 unspecified atom stereocenters. The van der Waals surface area contributed by atoms with E-state index in [0.717, 1.165) is 32.1 Å². The van der Waals surface area contributed by atoms with Gasteiger partial charge in [-0.25, -0.2) is 0 Å². The summed E-state index contributed by atoms with van der Waals surface area (Å²) in [5.41, 5.74) is 0. The number of aliphatic hydroxyl groups excluding tert-OH is 3. The molecule has 0 amide bonds. The van der Waals surface area contributed by atoms with Crippen LogP contribution in [0.5, 0.6) is 0 Å². The predicted octanol–water partition coefficient (Wildman–Crippen LogP) is 3.69. The number of hydrogen-bond donors (Lipinski definition) is 4. The Balaban J connectivity index is 3.93. The van der Waals surface area contributed by atoms with Crippen molar-refractivity contribution in [3.63, 3.8) is 0 Å². The minimum absolute atomic E-state index is 0.0149. The van der Waals surface area contributed by atoms with Gasteiger partial charge in [-0.2, -0.15) is 0 Å². The first kappa shape index (κ1) is 25.1. The second kappa shape index (κ2) is 17.5. The van der Waals surface area contributed by atoms with Gasteiger partial charge in [0.25, 0.3) is 0 Å². The molecule has 0 rings (SSSR count). The van der Waals surface area contributed by atoms with Gasteiger partial charge in [-0.15, -0.1) is 0 Å². The van der Waals surface area contributed by atoms with Gasteiger partial charge < -0.3 is 20.4 Å². The Morgan fingerprint density at radius 3 is 2.15 bits per heavy atom. The molecule has 4 N–H and O–H groups in total. The van der Waals surface area contributed by atoms with Crippen molar-refractivity contribution in [2.45, 2.75) is 70.2 Å². The largest absolute Gasteiger partial charge is 0.481 e. The number of hydrogen-bond acceptors (Lipinski definition) is 4. The molecule has 0 aliphatic heterocycles. The van der Waals surface area contributed by atoms with E-state index in [1.54, 1.807) is 24.3 Å². The van der Waals surface area contributed by atoms with Crippen LogP contribution in [0.15, 0.2) is 60.8 Å². The Labute approximate surface area is 162 Å². The first-order chi connectivity index (χ1) is 13.0. The van der Waals surface area contributed by atoms with Gasteiger partial charge in [0.05, 0.1) is 18.3 Å². The normalized spacial score (nSPS) is 16.3. The molecule has 5 heteroatoms. The highest BCUT2D eigenvalue weighted by molar-refractivity contribution is 5.66. The van der Waals surface area contributed by atoms with E-state index in [1.165, 1.54) is 6.08 Å². The molecule has 0 aromatic rings. The molecule has 0 heterocycles. The molecule has 0 aliphatic rings. The second-order valence-corrected chi connectivity index (χ2v) is 6.30. The fourth-order valence-electron chi connectivity index (χ4n) is 2.16. The minimum atomic E-state index is -1.08. The highest BCUT2D eigenvalue weighted by Crippen LogP contribution is 2.05. The Morgan fingerprint density at radius 2 is 1.48 bits per heavy atom. The lowest BCUT2D eigenvalue weighted by Gasteiger charge is -2.12. The lowest BCUT2D eigenvalue weighted by atomic mass is 10.1. The van der Waals surface area contributed by atoms with Crippen LogP contribution in [-0.4, -0.2) is 44.7 Å². The second-order valence-electron chi connectivity index (χ2n) is 6.30. The van der Waals surface area contributed by atoms with Crippen molar-refractivity contribution in [1.29, 1.82) is 0 Å². The van der Waals surface area contributed by atoms with Gasteiger partial charge in [0.1, 0.15) is 0 Å². The molecule has 0 saturated heterocycles. The van der Waals surface area contributed by atoms with E-state index in [0.29, 0.717) is 0 Å². The molecule has 27 heavy (non-hydrogen) atoms. The van der Waals surface area contributed by atoms with Crippen molar-refractivity contribution in [1.82, 2.24) is 0 Å². The van der Waals surface area contributed by atoms with Crippen LogP contribution in [-0.2, 0) is 4.79 Å². The quantitative estimate of drug-likeness (QED) is 0.257. The van der Waals surface area contributed by atoms with E-state index < -0.39 is 18.2 Å². The number of rotatable bonds is 15. The maximum Gasteiger partial charge on any atom is 0.303 e. The van der Waals surface area contributed by atoms with Crippen LogP contribution >= 0.6 is 0 Å². The summed E-state index contributed by atoms with van der Waals surface area (Å²) in [6.45, 7) is 2.14. The maximum absolute atomic E-state index is 10.4. The predicted molar refractivity (Wildman–Crippen MR) is 109 cm³/mol. The van der Waals surface area contributed by atoms with Gasteiger partial charge in [-0.05, 0) is 19.3 Å². The lowest BCUT2D eigenvalue weighted by Crippen LogP contribution is -2.24. The molecule has 5 nitrogen and oxygen atoms in total. The topological polar surface area (TPSA) is 98.0 Å². The zero-order valence-electron chi connectivity index (χ0n) is 16.2. The number of carboxylic acid groups (broad SMARTS) is 1. The van der Waals surface area contributed by atoms with Gasteiger partial charge >= 0.3 is 5.97 Å². The molecule has 0 radical (unpaired) electrons. The molecule has 0 saturated carbocycles. The third-order valence-corrected chi connectivity index (χ3v) is 3.78. The molecular formula is C22H34O5. The van der Waals surface area contributed by atoms with Crippen LogP contribution in [0.1, 0.15) is 51.9 Å². The highest BCUT2D eigenvalue weighted by Gasteiger charge is 2.13. The molecule has 0 bridgehead atoms. The number of aliphatic hydroxyl groups is 3. The fourth-order valence-corrected chi connectivity index (χ4v) is 2.16. The number of unbranched alkanes of at least 4 members (excludes halogenated alkanes) is 2. The number of carboxylic acids is 1. The Kier molecular flexibility index (Phi) is 16.2. The van der Waals surface area contributed by atoms with Crippen LogP contribution in [0, 0.1) is 0 Å². The van der Waals surface area contributed by atoms with Crippen molar-refractivity contribution in [3.05, 3.63) is 60.8 Å². The molecule has 0 fully saturated rings.